The van der Waals surface area contributed by atoms with E-state index in [4.69, 9.17) is 5.73 Å². The first kappa shape index (κ1) is 34.3. The number of aliphatic imine (C=N–C) groups is 3. The Balaban J connectivity index is 1.15. The number of nitrogens with two attached hydrogens (primary N) is 1. The van der Waals surface area contributed by atoms with E-state index in [1.54, 1.807) is 0 Å². The van der Waals surface area contributed by atoms with Crippen LogP contribution in [0.4, 0.5) is 0 Å². The number of carbonyl (C=O) groups is 1. The highest BCUT2D eigenvalue weighted by atomic mass is 16.1. The highest BCUT2D eigenvalue weighted by Crippen LogP contribution is 2.04. The van der Waals surface area contributed by atoms with Crippen LogP contribution in [-0.4, -0.2) is 83.0 Å². The molecule has 5 N–H and O–H groups in total. The predicted molar refractivity (Wildman–Crippen MR) is 187 cm³/mol. The van der Waals surface area contributed by atoms with E-state index >= 15 is 0 Å². The van der Waals surface area contributed by atoms with E-state index in [-0.39, 0.29) is 11.9 Å². The zero-order valence-corrected chi connectivity index (χ0v) is 25.7. The van der Waals surface area contributed by atoms with Crippen molar-refractivity contribution < 1.29 is 4.79 Å². The van der Waals surface area contributed by atoms with Crippen molar-refractivity contribution in [3.8, 4) is 0 Å². The van der Waals surface area contributed by atoms with Crippen molar-refractivity contribution in [3.05, 3.63) is 113 Å². The Kier molecular flexibility index (Phi) is 16.7. The number of amides is 1. The number of carbonyl (C=O) groups excluding carboxylic acids is 1. The summed E-state index contributed by atoms with van der Waals surface area (Å²) in [4.78, 5) is 25.5. The monoisotopic (exact) mass is 593 g/mol. The standard InChI is InChI=1S/C36H47N7O/c1-2-30-11-13-31(14-12-30)26-39-22-20-38-21-23-40-27-32-15-17-33(18-16-32)28-41-24-25-42-29-35(37)10-6-7-19-43-36(44)34-8-4-3-5-9-34/h2-5,8-9,11-18,26-28,35,38,42H,1,6-7,10,19-25,29,37H2,(H,43,44)/b39-26+,40-27+,41-28+. The average Bonchev–Trinajstić information content (AvgIpc) is 3.06. The third kappa shape index (κ3) is 14.8. The van der Waals surface area contributed by atoms with Crippen molar-refractivity contribution in [1.82, 2.24) is 16.0 Å². The lowest BCUT2D eigenvalue weighted by Gasteiger charge is -2.12. The van der Waals surface area contributed by atoms with Gasteiger partial charge in [-0.3, -0.25) is 19.8 Å². The van der Waals surface area contributed by atoms with Gasteiger partial charge in [0.1, 0.15) is 0 Å². The van der Waals surface area contributed by atoms with Gasteiger partial charge in [0.2, 0.25) is 0 Å². The van der Waals surface area contributed by atoms with Gasteiger partial charge in [-0.1, -0.05) is 85.8 Å². The topological polar surface area (TPSA) is 116 Å². The molecule has 3 aromatic rings. The van der Waals surface area contributed by atoms with Gasteiger partial charge in [-0.25, -0.2) is 0 Å². The summed E-state index contributed by atoms with van der Waals surface area (Å²) < 4.78 is 0. The summed E-state index contributed by atoms with van der Waals surface area (Å²) >= 11 is 0. The molecule has 3 rings (SSSR count). The average molecular weight is 594 g/mol. The molecule has 0 bridgehead atoms. The largest absolute Gasteiger partial charge is 0.352 e. The number of nitrogens with one attached hydrogen (secondary N) is 3. The van der Waals surface area contributed by atoms with Crippen LogP contribution in [0.2, 0.25) is 0 Å². The highest BCUT2D eigenvalue weighted by molar-refractivity contribution is 5.94. The van der Waals surface area contributed by atoms with Gasteiger partial charge < -0.3 is 21.7 Å². The Bertz CT molecular complexity index is 1300. The number of rotatable bonds is 21. The van der Waals surface area contributed by atoms with E-state index in [9.17, 15) is 4.79 Å². The molecule has 1 atom stereocenters. The fourth-order valence-electron chi connectivity index (χ4n) is 4.27. The molecule has 0 fully saturated rings. The van der Waals surface area contributed by atoms with Crippen LogP contribution in [0.25, 0.3) is 6.08 Å². The van der Waals surface area contributed by atoms with Crippen LogP contribution in [0.3, 0.4) is 0 Å². The van der Waals surface area contributed by atoms with Crippen LogP contribution in [0.1, 0.15) is 51.9 Å². The normalized spacial score (nSPS) is 12.3. The van der Waals surface area contributed by atoms with E-state index in [1.165, 1.54) is 0 Å². The third-order valence-corrected chi connectivity index (χ3v) is 6.81. The van der Waals surface area contributed by atoms with Crippen LogP contribution < -0.4 is 21.7 Å². The lowest BCUT2D eigenvalue weighted by Crippen LogP contribution is -2.35. The van der Waals surface area contributed by atoms with Crippen molar-refractivity contribution in [3.63, 3.8) is 0 Å². The number of nitrogens with zero attached hydrogens (tertiary/aromatic N) is 3. The number of hydrogen-bond donors (Lipinski definition) is 4. The maximum Gasteiger partial charge on any atom is 0.251 e. The van der Waals surface area contributed by atoms with E-state index < -0.39 is 0 Å². The zero-order chi connectivity index (χ0) is 31.1. The van der Waals surface area contributed by atoms with Crippen LogP contribution in [0.15, 0.2) is 100 Å². The highest BCUT2D eigenvalue weighted by Gasteiger charge is 2.04. The van der Waals surface area contributed by atoms with Crippen molar-refractivity contribution in [2.75, 3.05) is 52.4 Å². The number of unbranched alkanes of at least 4 members (excludes halogenated alkanes) is 1. The molecule has 232 valence electrons. The lowest BCUT2D eigenvalue weighted by atomic mass is 10.1. The summed E-state index contributed by atoms with van der Waals surface area (Å²) in [5.74, 6) is -0.0259. The Morgan fingerprint density at radius 1 is 0.682 bits per heavy atom. The van der Waals surface area contributed by atoms with E-state index in [0.717, 1.165) is 80.8 Å². The molecule has 0 heterocycles. The van der Waals surface area contributed by atoms with Crippen LogP contribution in [0, 0.1) is 0 Å². The summed E-state index contributed by atoms with van der Waals surface area (Å²) in [5, 5.41) is 9.70. The minimum Gasteiger partial charge on any atom is -0.352 e. The molecule has 1 amide bonds. The van der Waals surface area contributed by atoms with Gasteiger partial charge in [0.25, 0.3) is 5.91 Å². The fourth-order valence-corrected chi connectivity index (χ4v) is 4.27. The van der Waals surface area contributed by atoms with E-state index in [0.29, 0.717) is 18.7 Å². The first-order valence-electron chi connectivity index (χ1n) is 15.5. The molecule has 0 saturated carbocycles. The molecular formula is C36H47N7O. The summed E-state index contributed by atoms with van der Waals surface area (Å²) in [5.41, 5.74) is 11.3. The second-order valence-corrected chi connectivity index (χ2v) is 10.5. The Morgan fingerprint density at radius 2 is 1.18 bits per heavy atom. The third-order valence-electron chi connectivity index (χ3n) is 6.81. The van der Waals surface area contributed by atoms with Crippen molar-refractivity contribution in [2.45, 2.75) is 25.3 Å². The number of benzene rings is 3. The molecule has 0 saturated heterocycles. The van der Waals surface area contributed by atoms with Crippen LogP contribution in [-0.2, 0) is 0 Å². The van der Waals surface area contributed by atoms with Gasteiger partial charge in [-0.05, 0) is 47.2 Å². The smallest absolute Gasteiger partial charge is 0.251 e. The zero-order valence-electron chi connectivity index (χ0n) is 25.7. The Labute approximate surface area is 262 Å². The maximum atomic E-state index is 12.0. The van der Waals surface area contributed by atoms with Crippen LogP contribution >= 0.6 is 0 Å². The summed E-state index contributed by atoms with van der Waals surface area (Å²) in [6, 6.07) is 25.8. The molecule has 44 heavy (non-hydrogen) atoms. The SMILES string of the molecule is C=Cc1ccc(/C=N/CCNCC/N=C/c2ccc(/C=N/CCNCC(N)CCCCNC(=O)c3ccccc3)cc2)cc1. The van der Waals surface area contributed by atoms with E-state index in [2.05, 4.69) is 61.8 Å². The maximum absolute atomic E-state index is 12.0. The molecule has 0 aromatic heterocycles. The molecule has 0 aliphatic heterocycles. The van der Waals surface area contributed by atoms with Gasteiger partial charge in [0.15, 0.2) is 0 Å². The molecule has 0 spiro atoms. The van der Waals surface area contributed by atoms with Gasteiger partial charge in [-0.2, -0.15) is 0 Å². The minimum atomic E-state index is -0.0259. The lowest BCUT2D eigenvalue weighted by molar-refractivity contribution is 0.0953. The minimum absolute atomic E-state index is 0.0259. The molecule has 8 nitrogen and oxygen atoms in total. The molecule has 0 aliphatic rings. The Morgan fingerprint density at radius 3 is 1.70 bits per heavy atom. The first-order chi connectivity index (χ1) is 21.6. The van der Waals surface area contributed by atoms with Gasteiger partial charge in [0, 0.05) is 63.0 Å². The second-order valence-electron chi connectivity index (χ2n) is 10.5. The first-order valence-corrected chi connectivity index (χ1v) is 15.5. The molecule has 3 aromatic carbocycles. The molecule has 0 aliphatic carbocycles. The van der Waals surface area contributed by atoms with Crippen molar-refractivity contribution in [2.24, 2.45) is 20.7 Å². The van der Waals surface area contributed by atoms with Gasteiger partial charge >= 0.3 is 0 Å². The molecule has 8 heteroatoms. The van der Waals surface area contributed by atoms with Crippen molar-refractivity contribution >= 4 is 30.6 Å². The second kappa shape index (κ2) is 21.4. The fraction of sp³-hybridized carbons (Fsp3) is 0.333. The summed E-state index contributed by atoms with van der Waals surface area (Å²) in [6.07, 6.45) is 10.4. The van der Waals surface area contributed by atoms with Gasteiger partial charge in [-0.15, -0.1) is 0 Å². The van der Waals surface area contributed by atoms with Gasteiger partial charge in [0.05, 0.1) is 19.6 Å². The van der Waals surface area contributed by atoms with Crippen molar-refractivity contribution in [1.29, 1.82) is 0 Å². The predicted octanol–water partition coefficient (Wildman–Crippen LogP) is 4.39. The summed E-state index contributed by atoms with van der Waals surface area (Å²) in [7, 11) is 0. The quantitative estimate of drug-likeness (QED) is 0.108. The molecule has 0 radical (unpaired) electrons. The molecular weight excluding hydrogens is 546 g/mol. The van der Waals surface area contributed by atoms with E-state index in [1.807, 2.05) is 79.3 Å². The Hall–Kier alpha value is -4.24. The molecule has 1 unspecified atom stereocenters. The summed E-state index contributed by atoms with van der Waals surface area (Å²) in [6.45, 7) is 9.77. The van der Waals surface area contributed by atoms with Crippen LogP contribution in [0.5, 0.6) is 0 Å². The number of hydrogen-bond acceptors (Lipinski definition) is 7.